The highest BCUT2D eigenvalue weighted by Crippen LogP contribution is 2.15. The maximum absolute atomic E-state index is 12.8. The molecule has 3 aromatic carbocycles. The van der Waals surface area contributed by atoms with Gasteiger partial charge in [-0.2, -0.15) is 0 Å². The Morgan fingerprint density at radius 1 is 0.800 bits per heavy atom. The van der Waals surface area contributed by atoms with E-state index in [9.17, 15) is 4.79 Å². The molecule has 0 aromatic heterocycles. The highest BCUT2D eigenvalue weighted by atomic mass is 35.5. The highest BCUT2D eigenvalue weighted by molar-refractivity contribution is 6.30. The molecule has 0 radical (unpaired) electrons. The SMILES string of the molecule is O=C(/C(C#Cc1ccccc1)=C/c1ccc(Cl)cc1)c1ccccc1. The first kappa shape index (κ1) is 16.8. The van der Waals surface area contributed by atoms with Crippen LogP contribution in [-0.4, -0.2) is 5.78 Å². The van der Waals surface area contributed by atoms with Gasteiger partial charge in [0.25, 0.3) is 0 Å². The zero-order valence-corrected chi connectivity index (χ0v) is 14.2. The number of allylic oxidation sites excluding steroid dienone is 1. The topological polar surface area (TPSA) is 17.1 Å². The average molecular weight is 343 g/mol. The third-order valence-electron chi connectivity index (χ3n) is 3.58. The van der Waals surface area contributed by atoms with Gasteiger partial charge >= 0.3 is 0 Å². The van der Waals surface area contributed by atoms with Crippen LogP contribution in [-0.2, 0) is 0 Å². The van der Waals surface area contributed by atoms with Crippen molar-refractivity contribution >= 4 is 23.5 Å². The third kappa shape index (κ3) is 4.70. The molecule has 0 amide bonds. The molecule has 0 saturated heterocycles. The summed E-state index contributed by atoms with van der Waals surface area (Å²) in [6.07, 6.45) is 1.79. The van der Waals surface area contributed by atoms with Gasteiger partial charge in [0.05, 0.1) is 5.57 Å². The molecule has 0 aliphatic heterocycles. The largest absolute Gasteiger partial charge is 0.288 e. The van der Waals surface area contributed by atoms with Gasteiger partial charge in [0, 0.05) is 16.1 Å². The molecule has 0 fully saturated rings. The van der Waals surface area contributed by atoms with Crippen molar-refractivity contribution in [3.8, 4) is 11.8 Å². The van der Waals surface area contributed by atoms with Crippen LogP contribution in [0.25, 0.3) is 6.08 Å². The predicted octanol–water partition coefficient (Wildman–Crippen LogP) is 5.66. The molecule has 0 N–H and O–H groups in total. The fourth-order valence-corrected chi connectivity index (χ4v) is 2.42. The van der Waals surface area contributed by atoms with Gasteiger partial charge in [-0.05, 0) is 35.9 Å². The van der Waals surface area contributed by atoms with Gasteiger partial charge in [0.2, 0.25) is 5.78 Å². The Morgan fingerprint density at radius 3 is 2.04 bits per heavy atom. The molecule has 0 heterocycles. The number of hydrogen-bond donors (Lipinski definition) is 0. The Labute approximate surface area is 152 Å². The number of halogens is 1. The first-order valence-corrected chi connectivity index (χ1v) is 8.24. The van der Waals surface area contributed by atoms with Gasteiger partial charge in [-0.15, -0.1) is 0 Å². The minimum atomic E-state index is -0.0982. The summed E-state index contributed by atoms with van der Waals surface area (Å²) in [6.45, 7) is 0. The van der Waals surface area contributed by atoms with Crippen molar-refractivity contribution in [3.63, 3.8) is 0 Å². The van der Waals surface area contributed by atoms with Crippen LogP contribution in [0.4, 0.5) is 0 Å². The summed E-state index contributed by atoms with van der Waals surface area (Å²) in [7, 11) is 0. The van der Waals surface area contributed by atoms with E-state index in [1.807, 2.05) is 60.7 Å². The van der Waals surface area contributed by atoms with Gasteiger partial charge in [0.1, 0.15) is 0 Å². The Balaban J connectivity index is 2.01. The number of hydrogen-bond acceptors (Lipinski definition) is 1. The number of carbonyl (C=O) groups excluding carboxylic acids is 1. The molecule has 0 aliphatic rings. The number of Topliss-reactive ketones (excluding diaryl/α,β-unsaturated/α-hetero) is 1. The molecule has 0 unspecified atom stereocenters. The molecule has 0 saturated carbocycles. The molecule has 3 aromatic rings. The fraction of sp³-hybridized carbons (Fsp3) is 0. The van der Waals surface area contributed by atoms with E-state index >= 15 is 0 Å². The third-order valence-corrected chi connectivity index (χ3v) is 3.83. The molecule has 3 rings (SSSR count). The van der Waals surface area contributed by atoms with Gasteiger partial charge in [-0.25, -0.2) is 0 Å². The number of ketones is 1. The fourth-order valence-electron chi connectivity index (χ4n) is 2.29. The smallest absolute Gasteiger partial charge is 0.201 e. The minimum Gasteiger partial charge on any atom is -0.288 e. The maximum atomic E-state index is 12.8. The van der Waals surface area contributed by atoms with Crippen molar-refractivity contribution in [2.75, 3.05) is 0 Å². The second-order valence-electron chi connectivity index (χ2n) is 5.42. The van der Waals surface area contributed by atoms with Crippen LogP contribution >= 0.6 is 11.6 Å². The van der Waals surface area contributed by atoms with Crippen LogP contribution in [0.3, 0.4) is 0 Å². The van der Waals surface area contributed by atoms with Gasteiger partial charge in [-0.1, -0.05) is 84.1 Å². The normalized spacial score (nSPS) is 10.7. The van der Waals surface area contributed by atoms with E-state index < -0.39 is 0 Å². The molecule has 0 aliphatic carbocycles. The lowest BCUT2D eigenvalue weighted by Gasteiger charge is -2.01. The van der Waals surface area contributed by atoms with E-state index in [4.69, 9.17) is 11.6 Å². The van der Waals surface area contributed by atoms with Crippen LogP contribution in [0.15, 0.2) is 90.5 Å². The summed E-state index contributed by atoms with van der Waals surface area (Å²) in [4.78, 5) is 12.8. The van der Waals surface area contributed by atoms with Crippen LogP contribution in [0.2, 0.25) is 5.02 Å². The standard InChI is InChI=1S/C23H15ClO/c24-22-15-12-19(13-16-22)17-21(14-11-18-7-3-1-4-8-18)23(25)20-9-5-2-6-10-20/h1-10,12-13,15-17H/b21-17+. The lowest BCUT2D eigenvalue weighted by Crippen LogP contribution is -2.01. The molecule has 2 heteroatoms. The molecular formula is C23H15ClO. The van der Waals surface area contributed by atoms with E-state index in [-0.39, 0.29) is 5.78 Å². The van der Waals surface area contributed by atoms with E-state index in [2.05, 4.69) is 11.8 Å². The van der Waals surface area contributed by atoms with Crippen LogP contribution < -0.4 is 0 Å². The lowest BCUT2D eigenvalue weighted by atomic mass is 10.0. The van der Waals surface area contributed by atoms with Crippen LogP contribution in [0, 0.1) is 11.8 Å². The van der Waals surface area contributed by atoms with E-state index in [0.29, 0.717) is 16.2 Å². The highest BCUT2D eigenvalue weighted by Gasteiger charge is 2.10. The first-order chi connectivity index (χ1) is 12.2. The number of rotatable bonds is 3. The Bertz CT molecular complexity index is 944. The van der Waals surface area contributed by atoms with Gasteiger partial charge in [0.15, 0.2) is 0 Å². The van der Waals surface area contributed by atoms with Crippen molar-refractivity contribution < 1.29 is 4.79 Å². The van der Waals surface area contributed by atoms with Crippen molar-refractivity contribution in [2.45, 2.75) is 0 Å². The first-order valence-electron chi connectivity index (χ1n) is 7.86. The van der Waals surface area contributed by atoms with E-state index in [1.54, 1.807) is 30.3 Å². The molecule has 0 bridgehead atoms. The molecule has 1 nitrogen and oxygen atoms in total. The molecule has 25 heavy (non-hydrogen) atoms. The van der Waals surface area contributed by atoms with Gasteiger partial charge < -0.3 is 0 Å². The van der Waals surface area contributed by atoms with E-state index in [1.165, 1.54) is 0 Å². The van der Waals surface area contributed by atoms with Crippen molar-refractivity contribution in [1.82, 2.24) is 0 Å². The summed E-state index contributed by atoms with van der Waals surface area (Å²) >= 11 is 5.93. The molecule has 0 atom stereocenters. The summed E-state index contributed by atoms with van der Waals surface area (Å²) in [5.74, 6) is 5.99. The zero-order valence-electron chi connectivity index (χ0n) is 13.4. The molecule has 0 spiro atoms. The number of carbonyl (C=O) groups is 1. The Hall–Kier alpha value is -3.08. The zero-order chi connectivity index (χ0) is 17.5. The van der Waals surface area contributed by atoms with Crippen molar-refractivity contribution in [1.29, 1.82) is 0 Å². The Kier molecular flexibility index (Phi) is 5.46. The summed E-state index contributed by atoms with van der Waals surface area (Å²) in [5.41, 5.74) is 2.80. The minimum absolute atomic E-state index is 0.0982. The van der Waals surface area contributed by atoms with Crippen molar-refractivity contribution in [2.24, 2.45) is 0 Å². The molecule has 120 valence electrons. The second-order valence-corrected chi connectivity index (χ2v) is 5.86. The predicted molar refractivity (Wildman–Crippen MR) is 104 cm³/mol. The second kappa shape index (κ2) is 8.15. The Morgan fingerprint density at radius 2 is 1.40 bits per heavy atom. The average Bonchev–Trinajstić information content (AvgIpc) is 2.67. The summed E-state index contributed by atoms with van der Waals surface area (Å²) < 4.78 is 0. The number of benzene rings is 3. The lowest BCUT2D eigenvalue weighted by molar-refractivity contribution is 0.104. The summed E-state index contributed by atoms with van der Waals surface area (Å²) in [5, 5.41) is 0.656. The van der Waals surface area contributed by atoms with E-state index in [0.717, 1.165) is 11.1 Å². The summed E-state index contributed by atoms with van der Waals surface area (Å²) in [6, 6.07) is 26.1. The molecular weight excluding hydrogens is 328 g/mol. The van der Waals surface area contributed by atoms with Gasteiger partial charge in [-0.3, -0.25) is 4.79 Å². The maximum Gasteiger partial charge on any atom is 0.201 e. The monoisotopic (exact) mass is 342 g/mol. The quantitative estimate of drug-likeness (QED) is 0.341. The van der Waals surface area contributed by atoms with Crippen LogP contribution in [0.1, 0.15) is 21.5 Å². The van der Waals surface area contributed by atoms with Crippen molar-refractivity contribution in [3.05, 3.63) is 112 Å². The van der Waals surface area contributed by atoms with Crippen LogP contribution in [0.5, 0.6) is 0 Å².